The number of amides is 1. The van der Waals surface area contributed by atoms with Crippen LogP contribution in [0.3, 0.4) is 0 Å². The second-order valence-electron chi connectivity index (χ2n) is 6.88. The number of ether oxygens (including phenoxy) is 1. The Morgan fingerprint density at radius 1 is 1.13 bits per heavy atom. The van der Waals surface area contributed by atoms with Crippen molar-refractivity contribution in [1.29, 1.82) is 0 Å². The van der Waals surface area contributed by atoms with Crippen molar-refractivity contribution in [2.45, 2.75) is 26.5 Å². The van der Waals surface area contributed by atoms with Crippen LogP contribution in [0.25, 0.3) is 16.7 Å². The van der Waals surface area contributed by atoms with E-state index in [4.69, 9.17) is 9.15 Å². The number of rotatable bonds is 6. The van der Waals surface area contributed by atoms with Gasteiger partial charge in [-0.15, -0.1) is 0 Å². The summed E-state index contributed by atoms with van der Waals surface area (Å²) in [6, 6.07) is 18.6. The van der Waals surface area contributed by atoms with Crippen LogP contribution in [0.5, 0.6) is 0 Å². The van der Waals surface area contributed by atoms with Crippen molar-refractivity contribution in [2.75, 3.05) is 0 Å². The molecule has 7 nitrogen and oxygen atoms in total. The van der Waals surface area contributed by atoms with Gasteiger partial charge in [0.2, 0.25) is 0 Å². The Morgan fingerprint density at radius 2 is 1.93 bits per heavy atom. The molecule has 0 saturated carbocycles. The van der Waals surface area contributed by atoms with Crippen molar-refractivity contribution in [3.63, 3.8) is 0 Å². The Bertz CT molecular complexity index is 1180. The van der Waals surface area contributed by atoms with Gasteiger partial charge < -0.3 is 14.5 Å². The number of para-hydroxylation sites is 1. The second-order valence-corrected chi connectivity index (χ2v) is 6.88. The van der Waals surface area contributed by atoms with Crippen LogP contribution in [0.2, 0.25) is 0 Å². The highest BCUT2D eigenvalue weighted by Crippen LogP contribution is 2.22. The molecule has 0 aliphatic rings. The molecule has 0 bridgehead atoms. The summed E-state index contributed by atoms with van der Waals surface area (Å²) in [7, 11) is 0. The first-order valence-electron chi connectivity index (χ1n) is 9.58. The van der Waals surface area contributed by atoms with Gasteiger partial charge in [-0.1, -0.05) is 18.2 Å². The van der Waals surface area contributed by atoms with Gasteiger partial charge in [-0.2, -0.15) is 0 Å². The third kappa shape index (κ3) is 3.96. The summed E-state index contributed by atoms with van der Waals surface area (Å²) in [4.78, 5) is 29.3. The van der Waals surface area contributed by atoms with Gasteiger partial charge in [-0.05, 0) is 56.3 Å². The number of nitrogens with zero attached hydrogens (tertiary/aromatic N) is 2. The molecule has 0 saturated heterocycles. The van der Waals surface area contributed by atoms with Gasteiger partial charge in [0, 0.05) is 5.69 Å². The molecule has 0 aliphatic heterocycles. The standard InChI is InChI=1S/C23H21N3O4/c1-15(22(27)24-14-19-9-6-12-29-19)30-23(28)17-10-11-21-20(13-17)25-16(2)26(21)18-7-4-3-5-8-18/h3-13,15H,14H2,1-2H3,(H,24,27)/t15-/m0/s1. The summed E-state index contributed by atoms with van der Waals surface area (Å²) in [5.41, 5.74) is 2.90. The molecule has 2 aromatic carbocycles. The normalized spacial score (nSPS) is 11.9. The largest absolute Gasteiger partial charge is 0.467 e. The monoisotopic (exact) mass is 403 g/mol. The van der Waals surface area contributed by atoms with Crippen molar-refractivity contribution in [3.05, 3.63) is 84.1 Å². The summed E-state index contributed by atoms with van der Waals surface area (Å²) in [5, 5.41) is 2.67. The SMILES string of the molecule is Cc1nc2cc(C(=O)O[C@@H](C)C(=O)NCc3ccco3)ccc2n1-c1ccccc1. The first kappa shape index (κ1) is 19.4. The summed E-state index contributed by atoms with van der Waals surface area (Å²) in [5.74, 6) is 0.457. The van der Waals surface area contributed by atoms with E-state index < -0.39 is 18.0 Å². The van der Waals surface area contributed by atoms with Gasteiger partial charge in [0.25, 0.3) is 5.91 Å². The maximum absolute atomic E-state index is 12.5. The lowest BCUT2D eigenvalue weighted by Gasteiger charge is -2.13. The number of esters is 1. The Hall–Kier alpha value is -3.87. The minimum absolute atomic E-state index is 0.232. The van der Waals surface area contributed by atoms with Gasteiger partial charge in [0.05, 0.1) is 29.4 Å². The van der Waals surface area contributed by atoms with Crippen LogP contribution in [0.1, 0.15) is 28.9 Å². The fraction of sp³-hybridized carbons (Fsp3) is 0.174. The summed E-state index contributed by atoms with van der Waals surface area (Å²) >= 11 is 0. The zero-order valence-corrected chi connectivity index (χ0v) is 16.7. The Morgan fingerprint density at radius 3 is 2.67 bits per heavy atom. The molecular weight excluding hydrogens is 382 g/mol. The predicted molar refractivity (Wildman–Crippen MR) is 111 cm³/mol. The fourth-order valence-corrected chi connectivity index (χ4v) is 3.24. The lowest BCUT2D eigenvalue weighted by molar-refractivity contribution is -0.129. The van der Waals surface area contributed by atoms with Gasteiger partial charge >= 0.3 is 5.97 Å². The Balaban J connectivity index is 1.47. The van der Waals surface area contributed by atoms with E-state index in [0.29, 0.717) is 16.8 Å². The highest BCUT2D eigenvalue weighted by atomic mass is 16.5. The number of furan rings is 1. The number of imidazole rings is 1. The molecule has 0 spiro atoms. The van der Waals surface area contributed by atoms with Crippen LogP contribution in [0, 0.1) is 6.92 Å². The van der Waals surface area contributed by atoms with Crippen LogP contribution in [0.15, 0.2) is 71.3 Å². The molecule has 4 rings (SSSR count). The van der Waals surface area contributed by atoms with Gasteiger partial charge in [0.15, 0.2) is 6.10 Å². The number of benzene rings is 2. The molecule has 0 aliphatic carbocycles. The number of aryl methyl sites for hydroxylation is 1. The number of carbonyl (C=O) groups excluding carboxylic acids is 2. The zero-order chi connectivity index (χ0) is 21.1. The number of carbonyl (C=O) groups is 2. The first-order chi connectivity index (χ1) is 14.5. The highest BCUT2D eigenvalue weighted by molar-refractivity contribution is 5.95. The topological polar surface area (TPSA) is 86.4 Å². The van der Waals surface area contributed by atoms with Gasteiger partial charge in [0.1, 0.15) is 11.6 Å². The van der Waals surface area contributed by atoms with Crippen LogP contribution < -0.4 is 5.32 Å². The third-order valence-corrected chi connectivity index (χ3v) is 4.74. The summed E-state index contributed by atoms with van der Waals surface area (Å²) < 4.78 is 12.5. The minimum Gasteiger partial charge on any atom is -0.467 e. The van der Waals surface area contributed by atoms with Crippen LogP contribution in [-0.4, -0.2) is 27.5 Å². The molecule has 1 N–H and O–H groups in total. The Labute approximate surface area is 173 Å². The van der Waals surface area contributed by atoms with E-state index in [1.165, 1.54) is 13.2 Å². The van der Waals surface area contributed by atoms with E-state index in [1.54, 1.807) is 24.3 Å². The van der Waals surface area contributed by atoms with Crippen LogP contribution in [0.4, 0.5) is 0 Å². The van der Waals surface area contributed by atoms with E-state index in [-0.39, 0.29) is 6.54 Å². The van der Waals surface area contributed by atoms with Crippen molar-refractivity contribution in [1.82, 2.24) is 14.9 Å². The zero-order valence-electron chi connectivity index (χ0n) is 16.7. The molecular formula is C23H21N3O4. The average Bonchev–Trinajstić information content (AvgIpc) is 3.38. The molecule has 2 heterocycles. The lowest BCUT2D eigenvalue weighted by atomic mass is 10.2. The smallest absolute Gasteiger partial charge is 0.338 e. The van der Waals surface area contributed by atoms with E-state index in [0.717, 1.165) is 17.0 Å². The molecule has 152 valence electrons. The number of nitrogens with one attached hydrogen (secondary N) is 1. The molecule has 0 radical (unpaired) electrons. The van der Waals surface area contributed by atoms with Gasteiger partial charge in [-0.25, -0.2) is 9.78 Å². The van der Waals surface area contributed by atoms with Crippen molar-refractivity contribution >= 4 is 22.9 Å². The fourth-order valence-electron chi connectivity index (χ4n) is 3.24. The van der Waals surface area contributed by atoms with Gasteiger partial charge in [-0.3, -0.25) is 9.36 Å². The van der Waals surface area contributed by atoms with E-state index in [1.807, 2.05) is 47.9 Å². The molecule has 1 amide bonds. The molecule has 30 heavy (non-hydrogen) atoms. The van der Waals surface area contributed by atoms with Crippen molar-refractivity contribution in [2.24, 2.45) is 0 Å². The summed E-state index contributed by atoms with van der Waals surface area (Å²) in [6.45, 7) is 3.68. The van der Waals surface area contributed by atoms with Crippen molar-refractivity contribution in [3.8, 4) is 5.69 Å². The maximum Gasteiger partial charge on any atom is 0.338 e. The predicted octanol–water partition coefficient (Wildman–Crippen LogP) is 3.79. The highest BCUT2D eigenvalue weighted by Gasteiger charge is 2.20. The summed E-state index contributed by atoms with van der Waals surface area (Å²) in [6.07, 6.45) is 0.591. The minimum atomic E-state index is -0.938. The van der Waals surface area contributed by atoms with Crippen LogP contribution in [-0.2, 0) is 16.1 Å². The number of aromatic nitrogens is 2. The van der Waals surface area contributed by atoms with E-state index >= 15 is 0 Å². The molecule has 1 atom stereocenters. The second kappa shape index (κ2) is 8.24. The molecule has 7 heteroatoms. The lowest BCUT2D eigenvalue weighted by Crippen LogP contribution is -2.35. The molecule has 0 fully saturated rings. The Kier molecular flexibility index (Phi) is 5.34. The maximum atomic E-state index is 12.5. The number of hydrogen-bond acceptors (Lipinski definition) is 5. The molecule has 4 aromatic rings. The van der Waals surface area contributed by atoms with E-state index in [9.17, 15) is 9.59 Å². The average molecular weight is 403 g/mol. The third-order valence-electron chi connectivity index (χ3n) is 4.74. The quantitative estimate of drug-likeness (QED) is 0.495. The number of fused-ring (bicyclic) bond motifs is 1. The molecule has 0 unspecified atom stereocenters. The van der Waals surface area contributed by atoms with Crippen molar-refractivity contribution < 1.29 is 18.7 Å². The number of hydrogen-bond donors (Lipinski definition) is 1. The van der Waals surface area contributed by atoms with E-state index in [2.05, 4.69) is 10.3 Å². The molecule has 2 aromatic heterocycles. The van der Waals surface area contributed by atoms with Crippen LogP contribution >= 0.6 is 0 Å². The first-order valence-corrected chi connectivity index (χ1v) is 9.58.